The lowest BCUT2D eigenvalue weighted by Gasteiger charge is -2.14. The van der Waals surface area contributed by atoms with Crippen molar-refractivity contribution in [3.63, 3.8) is 0 Å². The Kier molecular flexibility index (Phi) is 4.91. The number of fused-ring (bicyclic) bond motifs is 1. The molecule has 0 bridgehead atoms. The molecule has 1 N–H and O–H groups in total. The number of benzene rings is 1. The molecule has 1 aromatic carbocycles. The van der Waals surface area contributed by atoms with E-state index in [2.05, 4.69) is 30.9 Å². The van der Waals surface area contributed by atoms with E-state index >= 15 is 0 Å². The molecule has 6 nitrogen and oxygen atoms in total. The molecule has 0 radical (unpaired) electrons. The molecular weight excluding hydrogens is 406 g/mol. The van der Waals surface area contributed by atoms with E-state index in [0.29, 0.717) is 27.6 Å². The van der Waals surface area contributed by atoms with Crippen molar-refractivity contribution >= 4 is 44.7 Å². The number of thioether (sulfide) groups is 1. The van der Waals surface area contributed by atoms with Crippen LogP contribution in [-0.4, -0.2) is 34.3 Å². The number of hydrogen-bond donors (Lipinski definition) is 1. The number of ether oxygens (including phenoxy) is 1. The van der Waals surface area contributed by atoms with Crippen LogP contribution in [0.1, 0.15) is 16.1 Å². The third-order valence-corrected chi connectivity index (χ3v) is 4.78. The first-order valence-corrected chi connectivity index (χ1v) is 9.31. The number of carbonyl (C=O) groups excluding carboxylic acids is 1. The van der Waals surface area contributed by atoms with Gasteiger partial charge in [-0.1, -0.05) is 39.8 Å². The summed E-state index contributed by atoms with van der Waals surface area (Å²) in [5.41, 5.74) is 1.85. The second-order valence-electron chi connectivity index (χ2n) is 5.22. The highest BCUT2D eigenvalue weighted by Gasteiger charge is 2.24. The van der Waals surface area contributed by atoms with Crippen LogP contribution < -0.4 is 5.56 Å². The number of methoxy groups -OCH3 is 1. The Morgan fingerprint density at radius 1 is 1.32 bits per heavy atom. The number of carbonyl (C=O) groups is 1. The number of pyridine rings is 1. The Hall–Kier alpha value is -2.19. The van der Waals surface area contributed by atoms with Gasteiger partial charge >= 0.3 is 5.97 Å². The largest absolute Gasteiger partial charge is 0.465 e. The molecule has 0 saturated heterocycles. The smallest absolute Gasteiger partial charge is 0.340 e. The highest BCUT2D eigenvalue weighted by atomic mass is 79.9. The van der Waals surface area contributed by atoms with Gasteiger partial charge in [-0.3, -0.25) is 4.79 Å². The van der Waals surface area contributed by atoms with Gasteiger partial charge in [-0.2, -0.15) is 0 Å². The first-order valence-electron chi connectivity index (χ1n) is 7.29. The van der Waals surface area contributed by atoms with Crippen LogP contribution in [0.2, 0.25) is 0 Å². The van der Waals surface area contributed by atoms with Gasteiger partial charge in [-0.25, -0.2) is 14.8 Å². The van der Waals surface area contributed by atoms with E-state index in [1.807, 2.05) is 30.5 Å². The van der Waals surface area contributed by atoms with Crippen LogP contribution in [0.25, 0.3) is 22.2 Å². The topological polar surface area (TPSA) is 84.9 Å². The molecule has 0 atom stereocenters. The van der Waals surface area contributed by atoms with Crippen LogP contribution in [0.5, 0.6) is 0 Å². The first-order chi connectivity index (χ1) is 12.0. The van der Waals surface area contributed by atoms with Gasteiger partial charge < -0.3 is 9.72 Å². The molecule has 0 saturated carbocycles. The second kappa shape index (κ2) is 6.97. The fourth-order valence-corrected chi connectivity index (χ4v) is 3.42. The van der Waals surface area contributed by atoms with Crippen LogP contribution in [-0.2, 0) is 4.74 Å². The van der Waals surface area contributed by atoms with Crippen LogP contribution in [0.4, 0.5) is 0 Å². The highest BCUT2D eigenvalue weighted by molar-refractivity contribution is 9.10. The lowest BCUT2D eigenvalue weighted by molar-refractivity contribution is 0.0600. The van der Waals surface area contributed by atoms with Gasteiger partial charge in [0.25, 0.3) is 5.56 Å². The summed E-state index contributed by atoms with van der Waals surface area (Å²) >= 11 is 4.74. The fraction of sp³-hybridized carbons (Fsp3) is 0.176. The maximum Gasteiger partial charge on any atom is 0.340 e. The normalized spacial score (nSPS) is 10.9. The van der Waals surface area contributed by atoms with E-state index in [-0.39, 0.29) is 16.5 Å². The minimum absolute atomic E-state index is 0.261. The van der Waals surface area contributed by atoms with E-state index in [0.717, 1.165) is 4.47 Å². The maximum atomic E-state index is 12.7. The number of halogens is 1. The summed E-state index contributed by atoms with van der Waals surface area (Å²) in [5.74, 6) is -0.546. The molecule has 3 rings (SSSR count). The van der Waals surface area contributed by atoms with Crippen LogP contribution >= 0.6 is 27.7 Å². The Balaban J connectivity index is 2.52. The predicted octanol–water partition coefficient (Wildman–Crippen LogP) is 3.56. The van der Waals surface area contributed by atoms with Gasteiger partial charge in [0.15, 0.2) is 10.8 Å². The number of nitrogens with one attached hydrogen (secondary N) is 1. The van der Waals surface area contributed by atoms with Crippen molar-refractivity contribution in [2.75, 3.05) is 13.4 Å². The number of H-pyrrole nitrogens is 1. The molecule has 3 aromatic rings. The molecule has 0 amide bonds. The molecule has 0 spiro atoms. The Bertz CT molecular complexity index is 1050. The van der Waals surface area contributed by atoms with E-state index in [4.69, 9.17) is 4.74 Å². The number of hydrogen-bond acceptors (Lipinski definition) is 6. The summed E-state index contributed by atoms with van der Waals surface area (Å²) in [6.07, 6.45) is 1.81. The zero-order chi connectivity index (χ0) is 18.1. The molecule has 25 heavy (non-hydrogen) atoms. The standard InChI is InChI=1S/C17H14BrN3O3S/c1-8-11(16(23)24-2)12(9-5-4-6-10(18)7-9)13-14(19-8)20-17(25-3)21-15(13)22/h4-7H,1-3H3,(H,19,20,21,22). The van der Waals surface area contributed by atoms with Crippen molar-refractivity contribution in [1.82, 2.24) is 15.0 Å². The molecule has 0 aliphatic carbocycles. The number of rotatable bonds is 3. The Morgan fingerprint density at radius 2 is 2.08 bits per heavy atom. The van der Waals surface area contributed by atoms with Crippen molar-refractivity contribution in [3.05, 3.63) is 50.3 Å². The molecule has 0 aliphatic rings. The number of aryl methyl sites for hydroxylation is 1. The summed E-state index contributed by atoms with van der Waals surface area (Å²) in [5, 5.41) is 0.734. The van der Waals surface area contributed by atoms with Crippen molar-refractivity contribution in [3.8, 4) is 11.1 Å². The average Bonchev–Trinajstić information content (AvgIpc) is 2.59. The number of aromatic amines is 1. The molecular formula is C17H14BrN3O3S. The molecule has 0 fully saturated rings. The minimum atomic E-state index is -0.546. The fourth-order valence-electron chi connectivity index (χ4n) is 2.65. The summed E-state index contributed by atoms with van der Waals surface area (Å²) in [6.45, 7) is 1.70. The van der Waals surface area contributed by atoms with Gasteiger partial charge in [0.05, 0.1) is 23.8 Å². The lowest BCUT2D eigenvalue weighted by Crippen LogP contribution is -2.16. The number of esters is 1. The minimum Gasteiger partial charge on any atom is -0.465 e. The number of aromatic nitrogens is 3. The monoisotopic (exact) mass is 419 g/mol. The van der Waals surface area contributed by atoms with Crippen LogP contribution in [0.15, 0.2) is 38.7 Å². The summed E-state index contributed by atoms with van der Waals surface area (Å²) in [7, 11) is 1.30. The number of nitrogens with zero attached hydrogens (tertiary/aromatic N) is 2. The van der Waals surface area contributed by atoms with Gasteiger partial charge in [0.1, 0.15) is 0 Å². The van der Waals surface area contributed by atoms with Gasteiger partial charge in [-0.05, 0) is 30.9 Å². The maximum absolute atomic E-state index is 12.7. The second-order valence-corrected chi connectivity index (χ2v) is 6.93. The molecule has 128 valence electrons. The molecule has 2 heterocycles. The molecule has 2 aromatic heterocycles. The van der Waals surface area contributed by atoms with Crippen LogP contribution in [0, 0.1) is 6.92 Å². The zero-order valence-electron chi connectivity index (χ0n) is 13.7. The van der Waals surface area contributed by atoms with Crippen molar-refractivity contribution in [2.45, 2.75) is 12.1 Å². The van der Waals surface area contributed by atoms with E-state index < -0.39 is 5.97 Å². The lowest BCUT2D eigenvalue weighted by atomic mass is 9.96. The molecule has 0 unspecified atom stereocenters. The van der Waals surface area contributed by atoms with E-state index in [9.17, 15) is 9.59 Å². The third kappa shape index (κ3) is 3.19. The van der Waals surface area contributed by atoms with Gasteiger partial charge in [0.2, 0.25) is 0 Å². The van der Waals surface area contributed by atoms with E-state index in [1.165, 1.54) is 18.9 Å². The quantitative estimate of drug-likeness (QED) is 0.396. The van der Waals surface area contributed by atoms with Crippen molar-refractivity contribution in [2.24, 2.45) is 0 Å². The summed E-state index contributed by atoms with van der Waals surface area (Å²) in [4.78, 5) is 36.5. The first kappa shape index (κ1) is 17.6. The summed E-state index contributed by atoms with van der Waals surface area (Å²) < 4.78 is 5.74. The highest BCUT2D eigenvalue weighted by Crippen LogP contribution is 2.33. The average molecular weight is 420 g/mol. The predicted molar refractivity (Wildman–Crippen MR) is 101 cm³/mol. The Morgan fingerprint density at radius 3 is 2.72 bits per heavy atom. The van der Waals surface area contributed by atoms with Crippen molar-refractivity contribution in [1.29, 1.82) is 0 Å². The van der Waals surface area contributed by atoms with E-state index in [1.54, 1.807) is 6.92 Å². The zero-order valence-corrected chi connectivity index (χ0v) is 16.1. The Labute approximate surface area is 156 Å². The molecule has 0 aliphatic heterocycles. The third-order valence-electron chi connectivity index (χ3n) is 3.71. The summed E-state index contributed by atoms with van der Waals surface area (Å²) in [6, 6.07) is 7.36. The van der Waals surface area contributed by atoms with Gasteiger partial charge in [-0.15, -0.1) is 0 Å². The van der Waals surface area contributed by atoms with Gasteiger partial charge in [0, 0.05) is 10.0 Å². The SMILES string of the molecule is COC(=O)c1c(C)nc2nc(SC)[nH]c(=O)c2c1-c1cccc(Br)c1. The van der Waals surface area contributed by atoms with Crippen molar-refractivity contribution < 1.29 is 9.53 Å². The van der Waals surface area contributed by atoms with Crippen LogP contribution in [0.3, 0.4) is 0 Å². The molecule has 8 heteroatoms.